The highest BCUT2D eigenvalue weighted by atomic mass is 19.1. The number of benzene rings is 1. The molecule has 2 aromatic rings. The summed E-state index contributed by atoms with van der Waals surface area (Å²) in [7, 11) is 0. The molecule has 132 valence electrons. The number of aliphatic carboxylic acids is 1. The lowest BCUT2D eigenvalue weighted by Gasteiger charge is -2.21. The monoisotopic (exact) mass is 350 g/mol. The molecule has 0 radical (unpaired) electrons. The van der Waals surface area contributed by atoms with Crippen LogP contribution in [0.2, 0.25) is 0 Å². The Labute approximate surface area is 141 Å². The van der Waals surface area contributed by atoms with Crippen molar-refractivity contribution in [2.45, 2.75) is 20.0 Å². The van der Waals surface area contributed by atoms with Crippen LogP contribution in [0.3, 0.4) is 0 Å². The number of halogens is 1. The zero-order valence-corrected chi connectivity index (χ0v) is 13.3. The molecule has 0 spiro atoms. The first kappa shape index (κ1) is 18.0. The van der Waals surface area contributed by atoms with Crippen LogP contribution in [0.4, 0.5) is 10.2 Å². The molecular formula is C15H15FN4O5. The molecule has 1 N–H and O–H groups in total. The molecule has 0 fully saturated rings. The second-order valence-electron chi connectivity index (χ2n) is 5.30. The maximum Gasteiger partial charge on any atom is 0.381 e. The van der Waals surface area contributed by atoms with E-state index in [9.17, 15) is 24.1 Å². The second kappa shape index (κ2) is 7.51. The highest BCUT2D eigenvalue weighted by Crippen LogP contribution is 2.12. The maximum atomic E-state index is 13.0. The third-order valence-corrected chi connectivity index (χ3v) is 3.42. The SMILES string of the molecule is Cc1nc([N+](=O)[O-])cn1CC(=O)N(CC(=O)O)Cc1ccc(F)cc1. The van der Waals surface area contributed by atoms with E-state index in [1.54, 1.807) is 0 Å². The molecule has 0 unspecified atom stereocenters. The second-order valence-corrected chi connectivity index (χ2v) is 5.30. The van der Waals surface area contributed by atoms with Crippen LogP contribution < -0.4 is 0 Å². The van der Waals surface area contributed by atoms with Gasteiger partial charge in [0.25, 0.3) is 0 Å². The first-order valence-electron chi connectivity index (χ1n) is 7.18. The minimum absolute atomic E-state index is 0.0265. The summed E-state index contributed by atoms with van der Waals surface area (Å²) < 4.78 is 14.2. The number of carboxylic acid groups (broad SMARTS) is 1. The maximum absolute atomic E-state index is 13.0. The molecule has 1 aromatic heterocycles. The van der Waals surface area contributed by atoms with Crippen molar-refractivity contribution >= 4 is 17.7 Å². The summed E-state index contributed by atoms with van der Waals surface area (Å²) in [6.45, 7) is 0.635. The lowest BCUT2D eigenvalue weighted by molar-refractivity contribution is -0.389. The number of hydrogen-bond donors (Lipinski definition) is 1. The molecule has 25 heavy (non-hydrogen) atoms. The standard InChI is InChI=1S/C15H15FN4O5/c1-10-17-13(20(24)25)7-18(10)8-14(21)19(9-15(22)23)6-11-2-4-12(16)5-3-11/h2-5,7H,6,8-9H2,1H3,(H,22,23). The Morgan fingerprint density at radius 3 is 2.52 bits per heavy atom. The lowest BCUT2D eigenvalue weighted by Crippen LogP contribution is -2.37. The van der Waals surface area contributed by atoms with Gasteiger partial charge in [-0.25, -0.2) is 4.39 Å². The Morgan fingerprint density at radius 2 is 2.00 bits per heavy atom. The van der Waals surface area contributed by atoms with Crippen LogP contribution in [0.1, 0.15) is 11.4 Å². The van der Waals surface area contributed by atoms with Crippen molar-refractivity contribution in [3.05, 3.63) is 57.8 Å². The van der Waals surface area contributed by atoms with Crippen LogP contribution in [0.5, 0.6) is 0 Å². The molecule has 0 aliphatic heterocycles. The average Bonchev–Trinajstić information content (AvgIpc) is 2.89. The van der Waals surface area contributed by atoms with E-state index in [4.69, 9.17) is 5.11 Å². The van der Waals surface area contributed by atoms with E-state index in [1.165, 1.54) is 35.8 Å². The van der Waals surface area contributed by atoms with E-state index in [0.717, 1.165) is 11.1 Å². The summed E-state index contributed by atoms with van der Waals surface area (Å²) in [6, 6.07) is 5.32. The number of aryl methyl sites for hydroxylation is 1. The molecule has 0 aliphatic carbocycles. The van der Waals surface area contributed by atoms with E-state index in [0.29, 0.717) is 5.56 Å². The quantitative estimate of drug-likeness (QED) is 0.595. The number of carboxylic acids is 1. The summed E-state index contributed by atoms with van der Waals surface area (Å²) in [6.07, 6.45) is 1.12. The number of carbonyl (C=O) groups is 2. The molecule has 0 saturated carbocycles. The van der Waals surface area contributed by atoms with Crippen molar-refractivity contribution in [1.29, 1.82) is 0 Å². The van der Waals surface area contributed by atoms with Crippen LogP contribution in [-0.4, -0.2) is 42.9 Å². The minimum atomic E-state index is -1.20. The average molecular weight is 350 g/mol. The van der Waals surface area contributed by atoms with Crippen LogP contribution in [-0.2, 0) is 22.7 Å². The summed E-state index contributed by atoms with van der Waals surface area (Å²) in [5.74, 6) is -2.34. The van der Waals surface area contributed by atoms with Gasteiger partial charge in [0.2, 0.25) is 11.7 Å². The molecule has 1 heterocycles. The Morgan fingerprint density at radius 1 is 1.36 bits per heavy atom. The van der Waals surface area contributed by atoms with Crippen LogP contribution in [0.25, 0.3) is 0 Å². The highest BCUT2D eigenvalue weighted by molar-refractivity contribution is 5.81. The first-order chi connectivity index (χ1) is 11.8. The van der Waals surface area contributed by atoms with E-state index in [2.05, 4.69) is 4.98 Å². The topological polar surface area (TPSA) is 119 Å². The van der Waals surface area contributed by atoms with E-state index in [-0.39, 0.29) is 18.9 Å². The van der Waals surface area contributed by atoms with Gasteiger partial charge in [-0.15, -0.1) is 0 Å². The number of hydrogen-bond acceptors (Lipinski definition) is 5. The molecule has 1 amide bonds. The van der Waals surface area contributed by atoms with Crippen LogP contribution in [0.15, 0.2) is 30.5 Å². The normalized spacial score (nSPS) is 10.5. The van der Waals surface area contributed by atoms with E-state index >= 15 is 0 Å². The molecular weight excluding hydrogens is 335 g/mol. The van der Waals surface area contributed by atoms with Gasteiger partial charge in [-0.1, -0.05) is 12.1 Å². The third kappa shape index (κ3) is 4.83. The molecule has 0 saturated heterocycles. The van der Waals surface area contributed by atoms with Crippen molar-refractivity contribution in [2.24, 2.45) is 0 Å². The number of carbonyl (C=O) groups excluding carboxylic acids is 1. The summed E-state index contributed by atoms with van der Waals surface area (Å²) in [5, 5.41) is 19.7. The van der Waals surface area contributed by atoms with Gasteiger partial charge in [-0.05, 0) is 27.6 Å². The van der Waals surface area contributed by atoms with Crippen LogP contribution >= 0.6 is 0 Å². The first-order valence-corrected chi connectivity index (χ1v) is 7.18. The third-order valence-electron chi connectivity index (χ3n) is 3.42. The fourth-order valence-corrected chi connectivity index (χ4v) is 2.19. The van der Waals surface area contributed by atoms with Gasteiger partial charge < -0.3 is 20.1 Å². The molecule has 1 aromatic carbocycles. The molecule has 0 bridgehead atoms. The Kier molecular flexibility index (Phi) is 5.42. The predicted molar refractivity (Wildman–Crippen MR) is 83.1 cm³/mol. The van der Waals surface area contributed by atoms with Crippen molar-refractivity contribution in [2.75, 3.05) is 6.54 Å². The van der Waals surface area contributed by atoms with Gasteiger partial charge in [0.1, 0.15) is 25.1 Å². The number of rotatable bonds is 7. The van der Waals surface area contributed by atoms with E-state index in [1.807, 2.05) is 0 Å². The molecule has 0 aliphatic rings. The Hall–Kier alpha value is -3.30. The zero-order valence-electron chi connectivity index (χ0n) is 13.3. The van der Waals surface area contributed by atoms with Crippen molar-refractivity contribution in [1.82, 2.24) is 14.5 Å². The predicted octanol–water partition coefficient (Wildman–Crippen LogP) is 1.35. The van der Waals surface area contributed by atoms with Gasteiger partial charge in [0.15, 0.2) is 0 Å². The number of nitrogens with zero attached hydrogens (tertiary/aromatic N) is 4. The van der Waals surface area contributed by atoms with Gasteiger partial charge in [0, 0.05) is 13.5 Å². The van der Waals surface area contributed by atoms with Crippen molar-refractivity contribution in [3.63, 3.8) is 0 Å². The smallest absolute Gasteiger partial charge is 0.381 e. The number of nitro groups is 1. The van der Waals surface area contributed by atoms with Gasteiger partial charge >= 0.3 is 11.8 Å². The number of aromatic nitrogens is 2. The largest absolute Gasteiger partial charge is 0.480 e. The fraction of sp³-hybridized carbons (Fsp3) is 0.267. The van der Waals surface area contributed by atoms with Gasteiger partial charge in [-0.3, -0.25) is 14.2 Å². The molecule has 2 rings (SSSR count). The Balaban J connectivity index is 2.16. The molecule has 0 atom stereocenters. The summed E-state index contributed by atoms with van der Waals surface area (Å²) >= 11 is 0. The lowest BCUT2D eigenvalue weighted by atomic mass is 10.2. The van der Waals surface area contributed by atoms with Gasteiger partial charge in [0.05, 0.1) is 0 Å². The summed E-state index contributed by atoms with van der Waals surface area (Å²) in [5.41, 5.74) is 0.560. The fourth-order valence-electron chi connectivity index (χ4n) is 2.19. The van der Waals surface area contributed by atoms with Crippen molar-refractivity contribution < 1.29 is 24.0 Å². The highest BCUT2D eigenvalue weighted by Gasteiger charge is 2.21. The molecule has 10 heteroatoms. The molecule has 9 nitrogen and oxygen atoms in total. The Bertz CT molecular complexity index is 803. The summed E-state index contributed by atoms with van der Waals surface area (Å²) in [4.78, 5) is 38.3. The van der Waals surface area contributed by atoms with Gasteiger partial charge in [-0.2, -0.15) is 0 Å². The number of amides is 1. The van der Waals surface area contributed by atoms with E-state index < -0.39 is 35.0 Å². The minimum Gasteiger partial charge on any atom is -0.480 e. The van der Waals surface area contributed by atoms with Crippen LogP contribution in [0, 0.1) is 22.9 Å². The zero-order chi connectivity index (χ0) is 18.6. The van der Waals surface area contributed by atoms with Crippen molar-refractivity contribution in [3.8, 4) is 0 Å². The number of imidazole rings is 1.